The summed E-state index contributed by atoms with van der Waals surface area (Å²) in [6.45, 7) is 4.05. The molecule has 3 rings (SSSR count). The zero-order valence-electron chi connectivity index (χ0n) is 16.0. The molecule has 1 heterocycles. The van der Waals surface area contributed by atoms with Crippen molar-refractivity contribution in [3.63, 3.8) is 0 Å². The minimum absolute atomic E-state index is 0. The fraction of sp³-hybridized carbons (Fsp3) is 0.316. The second-order valence-electron chi connectivity index (χ2n) is 5.97. The summed E-state index contributed by atoms with van der Waals surface area (Å²) in [7, 11) is 3.13. The molecule has 0 aliphatic carbocycles. The fourth-order valence-electron chi connectivity index (χ4n) is 2.86. The quantitative estimate of drug-likeness (QED) is 0.752. The van der Waals surface area contributed by atoms with Gasteiger partial charge in [-0.3, -0.25) is 0 Å². The van der Waals surface area contributed by atoms with Gasteiger partial charge in [0.15, 0.2) is 11.5 Å². The van der Waals surface area contributed by atoms with Gasteiger partial charge in [0.2, 0.25) is 0 Å². The van der Waals surface area contributed by atoms with Crippen molar-refractivity contribution >= 4 is 5.97 Å². The van der Waals surface area contributed by atoms with Crippen molar-refractivity contribution in [3.8, 4) is 34.1 Å². The van der Waals surface area contributed by atoms with Crippen LogP contribution in [0.1, 0.15) is 29.8 Å². The Balaban J connectivity index is 0.00000182. The second kappa shape index (κ2) is 9.32. The Hall–Kier alpha value is -1.93. The molecule has 2 aromatic carbocycles. The number of carboxylic acid groups (broad SMARTS) is 1. The molecule has 7 nitrogen and oxygen atoms in total. The fourth-order valence-corrected chi connectivity index (χ4v) is 2.86. The monoisotopic (exact) mass is 384 g/mol. The molecule has 0 aromatic heterocycles. The molecule has 1 aliphatic rings. The Bertz CT molecular complexity index is 833. The van der Waals surface area contributed by atoms with Crippen LogP contribution in [-0.2, 0) is 6.61 Å². The zero-order chi connectivity index (χ0) is 18.1. The third kappa shape index (κ3) is 4.50. The minimum Gasteiger partial charge on any atom is -0.870 e. The summed E-state index contributed by atoms with van der Waals surface area (Å²) in [5.74, 6) is 1.01. The van der Waals surface area contributed by atoms with Crippen LogP contribution in [0.3, 0.4) is 0 Å². The van der Waals surface area contributed by atoms with Crippen LogP contribution in [-0.4, -0.2) is 36.9 Å². The summed E-state index contributed by atoms with van der Waals surface area (Å²) in [6.07, 6.45) is -0.142. The number of fused-ring (bicyclic) bond motifs is 3. The molecule has 0 spiro atoms. The molecule has 140 valence electrons. The molecule has 0 fully saturated rings. The Morgan fingerprint density at radius 2 is 1.67 bits per heavy atom. The summed E-state index contributed by atoms with van der Waals surface area (Å²) < 4.78 is 22.1. The van der Waals surface area contributed by atoms with Crippen LogP contribution in [0, 0.1) is 0 Å². The normalized spacial score (nSPS) is 11.1. The molecule has 0 unspecified atom stereocenters. The maximum atomic E-state index is 11.7. The van der Waals surface area contributed by atoms with Gasteiger partial charge in [0.25, 0.3) is 0 Å². The molecular weight excluding hydrogens is 363 g/mol. The van der Waals surface area contributed by atoms with E-state index in [1.165, 1.54) is 0 Å². The van der Waals surface area contributed by atoms with E-state index >= 15 is 0 Å². The molecule has 2 aromatic rings. The molecule has 0 saturated carbocycles. The molecule has 2 N–H and O–H groups in total. The Morgan fingerprint density at radius 3 is 2.22 bits per heavy atom. The molecule has 0 bridgehead atoms. The third-order valence-corrected chi connectivity index (χ3v) is 3.96. The molecular formula is C19H21NaO7. The van der Waals surface area contributed by atoms with Gasteiger partial charge >= 0.3 is 35.5 Å². The van der Waals surface area contributed by atoms with Crippen LogP contribution in [0.5, 0.6) is 23.0 Å². The Kier molecular flexibility index (Phi) is 7.98. The SMILES string of the molecule is COc1cc2c(cc1OC)-c1cc(C(=O)O)c(OC(C)C)cc1OC2.[Na+].[OH-]. The van der Waals surface area contributed by atoms with E-state index in [0.717, 1.165) is 11.1 Å². The van der Waals surface area contributed by atoms with Crippen molar-refractivity contribution < 1.29 is 63.9 Å². The van der Waals surface area contributed by atoms with Gasteiger partial charge in [0, 0.05) is 17.2 Å². The first-order valence-corrected chi connectivity index (χ1v) is 7.90. The number of ether oxygens (including phenoxy) is 4. The van der Waals surface area contributed by atoms with E-state index in [2.05, 4.69) is 0 Å². The number of aromatic carboxylic acids is 1. The number of hydrogen-bond donors (Lipinski definition) is 1. The summed E-state index contributed by atoms with van der Waals surface area (Å²) in [5, 5.41) is 9.55. The van der Waals surface area contributed by atoms with Crippen LogP contribution in [0.2, 0.25) is 0 Å². The summed E-state index contributed by atoms with van der Waals surface area (Å²) in [5.41, 5.74) is 2.55. The van der Waals surface area contributed by atoms with Crippen LogP contribution in [0.15, 0.2) is 24.3 Å². The predicted octanol–water partition coefficient (Wildman–Crippen LogP) is 0.576. The van der Waals surface area contributed by atoms with E-state index in [1.54, 1.807) is 26.4 Å². The van der Waals surface area contributed by atoms with Crippen molar-refractivity contribution in [2.75, 3.05) is 14.2 Å². The van der Waals surface area contributed by atoms with Gasteiger partial charge in [0.05, 0.1) is 20.3 Å². The average molecular weight is 384 g/mol. The van der Waals surface area contributed by atoms with Crippen LogP contribution in [0.25, 0.3) is 11.1 Å². The maximum absolute atomic E-state index is 11.7. The number of carboxylic acids is 1. The molecule has 1 aliphatic heterocycles. The van der Waals surface area contributed by atoms with Gasteiger partial charge in [0.1, 0.15) is 23.7 Å². The van der Waals surface area contributed by atoms with Crippen LogP contribution in [0.4, 0.5) is 0 Å². The van der Waals surface area contributed by atoms with Gasteiger partial charge in [-0.05, 0) is 37.6 Å². The van der Waals surface area contributed by atoms with Crippen molar-refractivity contribution in [2.24, 2.45) is 0 Å². The van der Waals surface area contributed by atoms with Gasteiger partial charge in [-0.2, -0.15) is 0 Å². The van der Waals surface area contributed by atoms with E-state index in [9.17, 15) is 9.90 Å². The van der Waals surface area contributed by atoms with E-state index in [-0.39, 0.29) is 46.7 Å². The third-order valence-electron chi connectivity index (χ3n) is 3.96. The molecule has 0 saturated heterocycles. The number of carbonyl (C=O) groups is 1. The van der Waals surface area contributed by atoms with Crippen molar-refractivity contribution in [2.45, 2.75) is 26.6 Å². The summed E-state index contributed by atoms with van der Waals surface area (Å²) in [6, 6.07) is 6.90. The molecule has 0 amide bonds. The van der Waals surface area contributed by atoms with Gasteiger partial charge < -0.3 is 29.5 Å². The van der Waals surface area contributed by atoms with Gasteiger partial charge in [-0.1, -0.05) is 0 Å². The van der Waals surface area contributed by atoms with Gasteiger partial charge in [-0.15, -0.1) is 0 Å². The molecule has 0 atom stereocenters. The number of rotatable bonds is 5. The van der Waals surface area contributed by atoms with Crippen LogP contribution >= 0.6 is 0 Å². The zero-order valence-corrected chi connectivity index (χ0v) is 18.0. The smallest absolute Gasteiger partial charge is 0.870 e. The first-order valence-electron chi connectivity index (χ1n) is 7.90. The van der Waals surface area contributed by atoms with Crippen molar-refractivity contribution in [3.05, 3.63) is 35.4 Å². The van der Waals surface area contributed by atoms with Crippen LogP contribution < -0.4 is 48.5 Å². The molecule has 27 heavy (non-hydrogen) atoms. The summed E-state index contributed by atoms with van der Waals surface area (Å²) >= 11 is 0. The first kappa shape index (κ1) is 23.1. The standard InChI is InChI=1S/C19H20O6.Na.H2O/c1-10(2)25-16-8-15-13(6-14(16)19(20)21)12-7-18(23-4)17(22-3)5-11(12)9-24-15;;/h5-8,10H,9H2,1-4H3,(H,20,21);;1H2/q;+1;/p-1. The number of methoxy groups -OCH3 is 2. The predicted molar refractivity (Wildman–Crippen MR) is 94.0 cm³/mol. The van der Waals surface area contributed by atoms with E-state index in [1.807, 2.05) is 26.0 Å². The Morgan fingerprint density at radius 1 is 1.04 bits per heavy atom. The number of benzene rings is 2. The summed E-state index contributed by atoms with van der Waals surface area (Å²) in [4.78, 5) is 11.7. The van der Waals surface area contributed by atoms with Gasteiger partial charge in [-0.25, -0.2) is 4.79 Å². The van der Waals surface area contributed by atoms with Crippen molar-refractivity contribution in [1.82, 2.24) is 0 Å². The topological polar surface area (TPSA) is 104 Å². The van der Waals surface area contributed by atoms with E-state index < -0.39 is 5.97 Å². The largest absolute Gasteiger partial charge is 1.00 e. The minimum atomic E-state index is -1.05. The Labute approximate surface area is 179 Å². The molecule has 0 radical (unpaired) electrons. The molecule has 8 heteroatoms. The average Bonchev–Trinajstić information content (AvgIpc) is 2.58. The van der Waals surface area contributed by atoms with E-state index in [4.69, 9.17) is 18.9 Å². The number of hydrogen-bond acceptors (Lipinski definition) is 6. The van der Waals surface area contributed by atoms with E-state index in [0.29, 0.717) is 35.2 Å². The second-order valence-corrected chi connectivity index (χ2v) is 5.97. The maximum Gasteiger partial charge on any atom is 1.00 e. The first-order chi connectivity index (χ1) is 11.9. The van der Waals surface area contributed by atoms with Crippen molar-refractivity contribution in [1.29, 1.82) is 0 Å².